The number of carbonyl (C=O) groups is 1. The molecule has 5 heteroatoms. The van der Waals surface area contributed by atoms with Crippen LogP contribution in [0.15, 0.2) is 12.1 Å². The maximum Gasteiger partial charge on any atom is 0.314 e. The molecular weight excluding hydrogens is 238 g/mol. The molecule has 86 valence electrons. The van der Waals surface area contributed by atoms with Crippen molar-refractivity contribution in [1.29, 1.82) is 0 Å². The lowest BCUT2D eigenvalue weighted by Crippen LogP contribution is -2.42. The van der Waals surface area contributed by atoms with Gasteiger partial charge in [-0.25, -0.2) is 8.78 Å². The Hall–Kier alpha value is -1.16. The Morgan fingerprint density at radius 1 is 1.38 bits per heavy atom. The van der Waals surface area contributed by atoms with Gasteiger partial charge in [-0.05, 0) is 24.5 Å². The maximum atomic E-state index is 13.2. The summed E-state index contributed by atoms with van der Waals surface area (Å²) in [5.74, 6) is -2.79. The molecule has 0 aromatic heterocycles. The van der Waals surface area contributed by atoms with Gasteiger partial charge in [0.15, 0.2) is 0 Å². The summed E-state index contributed by atoms with van der Waals surface area (Å²) in [5.41, 5.74) is -1.16. The zero-order chi connectivity index (χ0) is 11.9. The molecule has 0 amide bonds. The fourth-order valence-corrected chi connectivity index (χ4v) is 2.32. The minimum Gasteiger partial charge on any atom is -0.481 e. The first kappa shape index (κ1) is 11.3. The molecule has 0 aliphatic heterocycles. The minimum atomic E-state index is -1.21. The van der Waals surface area contributed by atoms with Crippen LogP contribution < -0.4 is 0 Å². The van der Waals surface area contributed by atoms with Gasteiger partial charge in [-0.1, -0.05) is 18.0 Å². The first-order valence-corrected chi connectivity index (χ1v) is 5.23. The van der Waals surface area contributed by atoms with Gasteiger partial charge in [0.2, 0.25) is 0 Å². The highest BCUT2D eigenvalue weighted by Gasteiger charge is 2.47. The monoisotopic (exact) mass is 246 g/mol. The van der Waals surface area contributed by atoms with Gasteiger partial charge in [0.05, 0.1) is 10.4 Å². The van der Waals surface area contributed by atoms with Crippen molar-refractivity contribution in [3.8, 4) is 0 Å². The first-order chi connectivity index (χ1) is 7.47. The van der Waals surface area contributed by atoms with Crippen LogP contribution >= 0.6 is 11.6 Å². The Bertz CT molecular complexity index is 456. The van der Waals surface area contributed by atoms with Crippen molar-refractivity contribution in [2.75, 3.05) is 0 Å². The molecule has 1 aliphatic carbocycles. The molecule has 16 heavy (non-hydrogen) atoms. The van der Waals surface area contributed by atoms with Crippen LogP contribution in [0.3, 0.4) is 0 Å². The molecule has 1 saturated carbocycles. The minimum absolute atomic E-state index is 0.0467. The van der Waals surface area contributed by atoms with Gasteiger partial charge in [0.1, 0.15) is 11.6 Å². The zero-order valence-corrected chi connectivity index (χ0v) is 9.02. The molecule has 0 unspecified atom stereocenters. The fraction of sp³-hybridized carbons (Fsp3) is 0.364. The van der Waals surface area contributed by atoms with Gasteiger partial charge in [0.25, 0.3) is 0 Å². The van der Waals surface area contributed by atoms with Gasteiger partial charge in [-0.3, -0.25) is 4.79 Å². The second kappa shape index (κ2) is 3.70. The fourth-order valence-electron chi connectivity index (χ4n) is 2.03. The summed E-state index contributed by atoms with van der Waals surface area (Å²) >= 11 is 5.70. The van der Waals surface area contributed by atoms with Crippen molar-refractivity contribution in [2.24, 2.45) is 0 Å². The Morgan fingerprint density at radius 3 is 2.44 bits per heavy atom. The van der Waals surface area contributed by atoms with Crippen molar-refractivity contribution in [2.45, 2.75) is 24.7 Å². The quantitative estimate of drug-likeness (QED) is 0.814. The number of hydrogen-bond donors (Lipinski definition) is 1. The van der Waals surface area contributed by atoms with Crippen LogP contribution in [-0.4, -0.2) is 11.1 Å². The largest absolute Gasteiger partial charge is 0.481 e. The topological polar surface area (TPSA) is 37.3 Å². The molecule has 1 N–H and O–H groups in total. The first-order valence-electron chi connectivity index (χ1n) is 4.86. The molecule has 0 saturated heterocycles. The highest BCUT2D eigenvalue weighted by atomic mass is 35.5. The lowest BCUT2D eigenvalue weighted by molar-refractivity contribution is -0.147. The van der Waals surface area contributed by atoms with E-state index >= 15 is 0 Å². The Kier molecular flexibility index (Phi) is 2.62. The van der Waals surface area contributed by atoms with Crippen LogP contribution in [0, 0.1) is 11.6 Å². The summed E-state index contributed by atoms with van der Waals surface area (Å²) in [4.78, 5) is 11.2. The van der Waals surface area contributed by atoms with Crippen LogP contribution in [0.2, 0.25) is 5.02 Å². The van der Waals surface area contributed by atoms with Crippen molar-refractivity contribution in [3.05, 3.63) is 34.4 Å². The molecule has 0 bridgehead atoms. The highest BCUT2D eigenvalue weighted by molar-refractivity contribution is 6.32. The van der Waals surface area contributed by atoms with Gasteiger partial charge < -0.3 is 5.11 Å². The molecule has 0 atom stereocenters. The summed E-state index contributed by atoms with van der Waals surface area (Å²) in [6.07, 6.45) is 1.46. The summed E-state index contributed by atoms with van der Waals surface area (Å²) in [5, 5.41) is 8.85. The maximum absolute atomic E-state index is 13.2. The third-order valence-electron chi connectivity index (χ3n) is 3.13. The number of hydrogen-bond acceptors (Lipinski definition) is 1. The smallest absolute Gasteiger partial charge is 0.314 e. The number of rotatable bonds is 2. The second-order valence-corrected chi connectivity index (χ2v) is 4.37. The zero-order valence-electron chi connectivity index (χ0n) is 8.27. The van der Waals surface area contributed by atoms with Crippen molar-refractivity contribution in [3.63, 3.8) is 0 Å². The van der Waals surface area contributed by atoms with Crippen LogP contribution in [-0.2, 0) is 10.2 Å². The van der Waals surface area contributed by atoms with Gasteiger partial charge >= 0.3 is 5.97 Å². The number of carboxylic acids is 1. The summed E-state index contributed by atoms with van der Waals surface area (Å²) in [6.45, 7) is 0. The average Bonchev–Trinajstić information content (AvgIpc) is 2.10. The van der Waals surface area contributed by atoms with E-state index in [4.69, 9.17) is 16.7 Å². The number of aliphatic carboxylic acids is 1. The molecule has 0 spiro atoms. The third-order valence-corrected chi connectivity index (χ3v) is 3.51. The molecule has 1 fully saturated rings. The molecule has 2 rings (SSSR count). The van der Waals surface area contributed by atoms with E-state index in [1.807, 2.05) is 0 Å². The van der Waals surface area contributed by atoms with E-state index in [0.29, 0.717) is 18.9 Å². The predicted molar refractivity (Wildman–Crippen MR) is 54.5 cm³/mol. The van der Waals surface area contributed by atoms with Gasteiger partial charge in [0, 0.05) is 6.07 Å². The number of benzene rings is 1. The summed E-state index contributed by atoms with van der Waals surface area (Å²) < 4.78 is 26.3. The van der Waals surface area contributed by atoms with E-state index in [1.54, 1.807) is 0 Å². The Balaban J connectivity index is 2.59. The third kappa shape index (κ3) is 1.48. The van der Waals surface area contributed by atoms with E-state index < -0.39 is 23.0 Å². The van der Waals surface area contributed by atoms with Gasteiger partial charge in [-0.15, -0.1) is 0 Å². The van der Waals surface area contributed by atoms with Gasteiger partial charge in [-0.2, -0.15) is 0 Å². The normalized spacial score (nSPS) is 17.9. The molecule has 1 aromatic carbocycles. The van der Waals surface area contributed by atoms with E-state index in [0.717, 1.165) is 12.5 Å². The Labute approximate surface area is 95.8 Å². The van der Waals surface area contributed by atoms with Crippen LogP contribution in [0.1, 0.15) is 24.8 Å². The van der Waals surface area contributed by atoms with E-state index in [9.17, 15) is 13.6 Å². The van der Waals surface area contributed by atoms with Crippen LogP contribution in [0.5, 0.6) is 0 Å². The molecule has 0 radical (unpaired) electrons. The van der Waals surface area contributed by atoms with E-state index in [1.165, 1.54) is 0 Å². The lowest BCUT2D eigenvalue weighted by Gasteiger charge is -2.38. The Morgan fingerprint density at radius 2 is 2.00 bits per heavy atom. The van der Waals surface area contributed by atoms with Crippen molar-refractivity contribution < 1.29 is 18.7 Å². The predicted octanol–water partition coefficient (Wildman–Crippen LogP) is 3.12. The molecular formula is C11H9ClF2O2. The summed E-state index contributed by atoms with van der Waals surface area (Å²) in [7, 11) is 0. The molecule has 2 nitrogen and oxygen atoms in total. The molecule has 0 heterocycles. The molecule has 1 aromatic rings. The number of halogens is 3. The highest BCUT2D eigenvalue weighted by Crippen LogP contribution is 2.47. The molecule has 1 aliphatic rings. The summed E-state index contributed by atoms with van der Waals surface area (Å²) in [6, 6.07) is 1.67. The van der Waals surface area contributed by atoms with Crippen LogP contribution in [0.4, 0.5) is 8.78 Å². The van der Waals surface area contributed by atoms with E-state index in [-0.39, 0.29) is 10.6 Å². The van der Waals surface area contributed by atoms with Crippen molar-refractivity contribution >= 4 is 17.6 Å². The lowest BCUT2D eigenvalue weighted by atomic mass is 9.64. The number of carboxylic acid groups (broad SMARTS) is 1. The SMILES string of the molecule is O=C(O)C1(c2cc(F)cc(F)c2Cl)CCC1. The van der Waals surface area contributed by atoms with E-state index in [2.05, 4.69) is 0 Å². The average molecular weight is 247 g/mol. The standard InChI is InChI=1S/C11H9ClF2O2/c12-9-7(4-6(13)5-8(9)14)11(10(15)16)2-1-3-11/h4-5H,1-3H2,(H,15,16). The van der Waals surface area contributed by atoms with Crippen LogP contribution in [0.25, 0.3) is 0 Å². The second-order valence-electron chi connectivity index (χ2n) is 3.99. The van der Waals surface area contributed by atoms with Crippen molar-refractivity contribution in [1.82, 2.24) is 0 Å².